The van der Waals surface area contributed by atoms with E-state index in [-0.39, 0.29) is 22.7 Å². The Morgan fingerprint density at radius 2 is 1.81 bits per heavy atom. The second-order valence-corrected chi connectivity index (χ2v) is 8.65. The molecule has 32 heavy (non-hydrogen) atoms. The standard InChI is InChI=1S/C23H25N5O3S/c1-5-19(29)24-18-11-10-13(2)12-16(18)20-22(31)26-23(28-27-20)32-15(4)21(30)25-17-9-7-6-8-14(17)3/h6-12,15H,5H2,1-4H3,(H,24,29)(H,25,30)(H,26,28,31)/t15-/m1/s1. The molecule has 0 spiro atoms. The van der Waals surface area contributed by atoms with Gasteiger partial charge in [0.25, 0.3) is 5.56 Å². The summed E-state index contributed by atoms with van der Waals surface area (Å²) >= 11 is 1.11. The third-order valence-electron chi connectivity index (χ3n) is 4.76. The van der Waals surface area contributed by atoms with Gasteiger partial charge in [0.05, 0.1) is 10.9 Å². The number of rotatable bonds is 7. The van der Waals surface area contributed by atoms with Gasteiger partial charge in [-0.05, 0) is 44.5 Å². The monoisotopic (exact) mass is 451 g/mol. The van der Waals surface area contributed by atoms with Crippen LogP contribution in [0.3, 0.4) is 0 Å². The van der Waals surface area contributed by atoms with E-state index in [1.807, 2.05) is 44.2 Å². The number of nitrogens with one attached hydrogen (secondary N) is 3. The van der Waals surface area contributed by atoms with Gasteiger partial charge < -0.3 is 10.6 Å². The predicted molar refractivity (Wildman–Crippen MR) is 127 cm³/mol. The number of hydrogen-bond acceptors (Lipinski definition) is 6. The molecule has 0 bridgehead atoms. The first-order chi connectivity index (χ1) is 15.3. The van der Waals surface area contributed by atoms with Crippen LogP contribution >= 0.6 is 11.8 Å². The lowest BCUT2D eigenvalue weighted by Crippen LogP contribution is -2.24. The number of para-hydroxylation sites is 1. The zero-order valence-corrected chi connectivity index (χ0v) is 19.2. The lowest BCUT2D eigenvalue weighted by atomic mass is 10.1. The first-order valence-corrected chi connectivity index (χ1v) is 11.1. The smallest absolute Gasteiger partial charge is 0.278 e. The first kappa shape index (κ1) is 23.2. The highest BCUT2D eigenvalue weighted by atomic mass is 32.2. The molecule has 1 aromatic heterocycles. The van der Waals surface area contributed by atoms with Crippen molar-refractivity contribution in [3.8, 4) is 11.3 Å². The minimum atomic E-state index is -0.510. The van der Waals surface area contributed by atoms with Crippen molar-refractivity contribution in [1.29, 1.82) is 0 Å². The number of anilines is 2. The molecule has 3 rings (SSSR count). The zero-order valence-electron chi connectivity index (χ0n) is 18.4. The number of carbonyl (C=O) groups is 2. The van der Waals surface area contributed by atoms with Gasteiger partial charge in [0.15, 0.2) is 10.9 Å². The molecule has 0 aliphatic rings. The quantitative estimate of drug-likeness (QED) is 0.469. The number of nitrogens with zero attached hydrogens (tertiary/aromatic N) is 2. The average Bonchev–Trinajstić information content (AvgIpc) is 2.76. The van der Waals surface area contributed by atoms with Gasteiger partial charge in [0.2, 0.25) is 11.8 Å². The van der Waals surface area contributed by atoms with Crippen LogP contribution in [0.1, 0.15) is 31.4 Å². The van der Waals surface area contributed by atoms with Crippen LogP contribution in [0.15, 0.2) is 52.4 Å². The van der Waals surface area contributed by atoms with Gasteiger partial charge in [-0.3, -0.25) is 19.4 Å². The Balaban J connectivity index is 1.79. The molecule has 9 heteroatoms. The SMILES string of the molecule is CCC(=O)Nc1ccc(C)cc1-c1nnc(S[C@H](C)C(=O)Nc2ccccc2C)[nH]c1=O. The zero-order chi connectivity index (χ0) is 23.3. The number of aromatic nitrogens is 3. The molecule has 0 radical (unpaired) electrons. The fourth-order valence-corrected chi connectivity index (χ4v) is 3.66. The summed E-state index contributed by atoms with van der Waals surface area (Å²) in [7, 11) is 0. The maximum absolute atomic E-state index is 12.8. The summed E-state index contributed by atoms with van der Waals surface area (Å²) in [6.45, 7) is 7.27. The first-order valence-electron chi connectivity index (χ1n) is 10.2. The molecule has 0 saturated carbocycles. The summed E-state index contributed by atoms with van der Waals surface area (Å²) in [5.74, 6) is -0.376. The van der Waals surface area contributed by atoms with Gasteiger partial charge in [-0.15, -0.1) is 10.2 Å². The van der Waals surface area contributed by atoms with Crippen LogP contribution in [0.25, 0.3) is 11.3 Å². The molecule has 0 fully saturated rings. The van der Waals surface area contributed by atoms with E-state index in [0.717, 1.165) is 28.6 Å². The summed E-state index contributed by atoms with van der Waals surface area (Å²) in [4.78, 5) is 39.8. The summed E-state index contributed by atoms with van der Waals surface area (Å²) in [5.41, 5.74) is 3.24. The van der Waals surface area contributed by atoms with Crippen LogP contribution in [0.2, 0.25) is 0 Å². The molecule has 1 atom stereocenters. The molecule has 2 amide bonds. The Bertz CT molecular complexity index is 1210. The van der Waals surface area contributed by atoms with Crippen molar-refractivity contribution in [2.75, 3.05) is 10.6 Å². The van der Waals surface area contributed by atoms with Crippen molar-refractivity contribution in [2.24, 2.45) is 0 Å². The lowest BCUT2D eigenvalue weighted by molar-refractivity contribution is -0.116. The molecule has 0 unspecified atom stereocenters. The van der Waals surface area contributed by atoms with Crippen LogP contribution in [-0.4, -0.2) is 32.2 Å². The molecular formula is C23H25N5O3S. The molecule has 0 aliphatic heterocycles. The van der Waals surface area contributed by atoms with E-state index in [2.05, 4.69) is 25.8 Å². The van der Waals surface area contributed by atoms with E-state index in [9.17, 15) is 14.4 Å². The predicted octanol–water partition coefficient (Wildman–Crippen LogP) is 3.92. The van der Waals surface area contributed by atoms with Crippen molar-refractivity contribution in [1.82, 2.24) is 15.2 Å². The largest absolute Gasteiger partial charge is 0.325 e. The lowest BCUT2D eigenvalue weighted by Gasteiger charge is -2.13. The highest BCUT2D eigenvalue weighted by Gasteiger charge is 2.19. The summed E-state index contributed by atoms with van der Waals surface area (Å²) < 4.78 is 0. The minimum Gasteiger partial charge on any atom is -0.325 e. The van der Waals surface area contributed by atoms with Crippen molar-refractivity contribution in [3.05, 3.63) is 63.9 Å². The molecule has 3 aromatic rings. The van der Waals surface area contributed by atoms with Crippen LogP contribution in [-0.2, 0) is 9.59 Å². The fourth-order valence-electron chi connectivity index (χ4n) is 2.92. The van der Waals surface area contributed by atoms with E-state index in [0.29, 0.717) is 17.7 Å². The Morgan fingerprint density at radius 1 is 1.06 bits per heavy atom. The van der Waals surface area contributed by atoms with Gasteiger partial charge >= 0.3 is 0 Å². The van der Waals surface area contributed by atoms with Crippen molar-refractivity contribution >= 4 is 35.0 Å². The summed E-state index contributed by atoms with van der Waals surface area (Å²) in [6.07, 6.45) is 0.313. The van der Waals surface area contributed by atoms with E-state index in [1.165, 1.54) is 0 Å². The van der Waals surface area contributed by atoms with Crippen LogP contribution in [0.5, 0.6) is 0 Å². The van der Waals surface area contributed by atoms with E-state index in [4.69, 9.17) is 0 Å². The normalized spacial score (nSPS) is 11.6. The van der Waals surface area contributed by atoms with Crippen molar-refractivity contribution in [2.45, 2.75) is 44.5 Å². The fraction of sp³-hybridized carbons (Fsp3) is 0.261. The molecule has 0 saturated heterocycles. The Kier molecular flexibility index (Phi) is 7.42. The van der Waals surface area contributed by atoms with Crippen molar-refractivity contribution in [3.63, 3.8) is 0 Å². The minimum absolute atomic E-state index is 0.0986. The molecular weight excluding hydrogens is 426 g/mol. The van der Waals surface area contributed by atoms with E-state index < -0.39 is 10.8 Å². The van der Waals surface area contributed by atoms with E-state index >= 15 is 0 Å². The Hall–Kier alpha value is -3.46. The summed E-state index contributed by atoms with van der Waals surface area (Å²) in [6, 6.07) is 12.9. The van der Waals surface area contributed by atoms with Gasteiger partial charge in [-0.25, -0.2) is 0 Å². The molecule has 3 N–H and O–H groups in total. The highest BCUT2D eigenvalue weighted by Crippen LogP contribution is 2.26. The number of benzene rings is 2. The average molecular weight is 452 g/mol. The Labute approximate surface area is 190 Å². The summed E-state index contributed by atoms with van der Waals surface area (Å²) in [5, 5.41) is 13.6. The second kappa shape index (κ2) is 10.2. The molecule has 8 nitrogen and oxygen atoms in total. The number of aromatic amines is 1. The second-order valence-electron chi connectivity index (χ2n) is 7.32. The van der Waals surface area contributed by atoms with Crippen molar-refractivity contribution < 1.29 is 9.59 Å². The number of hydrogen-bond donors (Lipinski definition) is 3. The molecule has 166 valence electrons. The topological polar surface area (TPSA) is 117 Å². The number of aryl methyl sites for hydroxylation is 2. The number of amides is 2. The number of H-pyrrole nitrogens is 1. The Morgan fingerprint density at radius 3 is 2.50 bits per heavy atom. The van der Waals surface area contributed by atoms with Crippen LogP contribution in [0, 0.1) is 13.8 Å². The van der Waals surface area contributed by atoms with Gasteiger partial charge in [0.1, 0.15) is 0 Å². The number of thioether (sulfide) groups is 1. The number of carbonyl (C=O) groups excluding carboxylic acids is 2. The maximum Gasteiger partial charge on any atom is 0.278 e. The van der Waals surface area contributed by atoms with Gasteiger partial charge in [-0.2, -0.15) is 0 Å². The third-order valence-corrected chi connectivity index (χ3v) is 5.74. The van der Waals surface area contributed by atoms with E-state index in [1.54, 1.807) is 26.0 Å². The molecule has 0 aliphatic carbocycles. The molecule has 2 aromatic carbocycles. The van der Waals surface area contributed by atoms with Gasteiger partial charge in [0, 0.05) is 17.7 Å². The highest BCUT2D eigenvalue weighted by molar-refractivity contribution is 8.00. The van der Waals surface area contributed by atoms with Crippen LogP contribution in [0.4, 0.5) is 11.4 Å². The maximum atomic E-state index is 12.8. The third kappa shape index (κ3) is 5.61. The van der Waals surface area contributed by atoms with Gasteiger partial charge in [-0.1, -0.05) is 48.5 Å². The van der Waals surface area contributed by atoms with Crippen LogP contribution < -0.4 is 16.2 Å². The molecule has 1 heterocycles.